The average molecular weight is 293 g/mol. The second kappa shape index (κ2) is 4.90. The Hall–Kier alpha value is -1.32. The summed E-state index contributed by atoms with van der Waals surface area (Å²) in [5, 5.41) is 10.4. The van der Waals surface area contributed by atoms with E-state index in [0.717, 1.165) is 5.56 Å². The lowest BCUT2D eigenvalue weighted by Crippen LogP contribution is -2.20. The van der Waals surface area contributed by atoms with Gasteiger partial charge in [-0.1, -0.05) is 46.3 Å². The highest BCUT2D eigenvalue weighted by Crippen LogP contribution is 2.34. The minimum Gasteiger partial charge on any atom is -0.466 e. The lowest BCUT2D eigenvalue weighted by atomic mass is 10.0. The third-order valence-corrected chi connectivity index (χ3v) is 3.56. The van der Waals surface area contributed by atoms with Crippen molar-refractivity contribution in [3.63, 3.8) is 0 Å². The number of halogens is 1. The van der Waals surface area contributed by atoms with E-state index in [0.29, 0.717) is 10.2 Å². The molecule has 0 aliphatic rings. The van der Waals surface area contributed by atoms with Crippen LogP contribution in [0.3, 0.4) is 0 Å². The molecule has 0 aliphatic carbocycles. The molecule has 2 rings (SSSR count). The van der Waals surface area contributed by atoms with E-state index in [1.807, 2.05) is 36.4 Å². The number of hydrogen-bond donors (Lipinski definition) is 1. The molecule has 0 aliphatic heterocycles. The summed E-state index contributed by atoms with van der Waals surface area (Å²) in [6.07, 6.45) is 3.43. The standard InChI is InChI=1S/C14H13BrO2/c1-14(16,13-8-5-9-17-13)12(15)10-11-6-3-2-4-7-11/h2-10,16H,1H3/b12-10-/t14-/m1/s1. The van der Waals surface area contributed by atoms with Crippen LogP contribution in [0.15, 0.2) is 57.6 Å². The van der Waals surface area contributed by atoms with Gasteiger partial charge in [0, 0.05) is 4.48 Å². The molecular formula is C14H13BrO2. The SMILES string of the molecule is C[C@@](O)(/C(Br)=C/c1ccccc1)c1ccco1. The van der Waals surface area contributed by atoms with Gasteiger partial charge in [-0.3, -0.25) is 0 Å². The molecule has 88 valence electrons. The first-order valence-corrected chi connectivity index (χ1v) is 6.09. The van der Waals surface area contributed by atoms with Crippen LogP contribution in [0, 0.1) is 0 Å². The van der Waals surface area contributed by atoms with Crippen LogP contribution >= 0.6 is 15.9 Å². The fourth-order valence-corrected chi connectivity index (χ4v) is 1.97. The summed E-state index contributed by atoms with van der Waals surface area (Å²) < 4.78 is 5.89. The Bertz CT molecular complexity index is 498. The zero-order chi connectivity index (χ0) is 12.3. The molecule has 0 saturated heterocycles. The second-order valence-electron chi connectivity index (χ2n) is 3.95. The molecule has 0 saturated carbocycles. The maximum Gasteiger partial charge on any atom is 0.151 e. The molecule has 1 N–H and O–H groups in total. The first-order valence-electron chi connectivity index (χ1n) is 5.30. The topological polar surface area (TPSA) is 33.4 Å². The smallest absolute Gasteiger partial charge is 0.151 e. The number of aliphatic hydroxyl groups is 1. The summed E-state index contributed by atoms with van der Waals surface area (Å²) in [4.78, 5) is 0. The van der Waals surface area contributed by atoms with Crippen LogP contribution < -0.4 is 0 Å². The second-order valence-corrected chi connectivity index (χ2v) is 4.81. The molecular weight excluding hydrogens is 280 g/mol. The predicted octanol–water partition coefficient (Wildman–Crippen LogP) is 3.92. The van der Waals surface area contributed by atoms with Crippen molar-refractivity contribution in [3.8, 4) is 0 Å². The Morgan fingerprint density at radius 2 is 1.94 bits per heavy atom. The summed E-state index contributed by atoms with van der Waals surface area (Å²) in [5.41, 5.74) is -0.134. The Kier molecular flexibility index (Phi) is 3.50. The van der Waals surface area contributed by atoms with Crippen molar-refractivity contribution in [2.45, 2.75) is 12.5 Å². The van der Waals surface area contributed by atoms with Gasteiger partial charge >= 0.3 is 0 Å². The van der Waals surface area contributed by atoms with Gasteiger partial charge in [0.05, 0.1) is 6.26 Å². The van der Waals surface area contributed by atoms with Gasteiger partial charge in [-0.25, -0.2) is 0 Å². The molecule has 0 unspecified atom stereocenters. The molecule has 0 amide bonds. The van der Waals surface area contributed by atoms with E-state index >= 15 is 0 Å². The van der Waals surface area contributed by atoms with Crippen LogP contribution in [0.2, 0.25) is 0 Å². The quantitative estimate of drug-likeness (QED) is 0.930. The summed E-state index contributed by atoms with van der Waals surface area (Å²) in [7, 11) is 0. The van der Waals surface area contributed by atoms with Crippen LogP contribution in [0.25, 0.3) is 6.08 Å². The zero-order valence-corrected chi connectivity index (χ0v) is 11.0. The molecule has 0 bridgehead atoms. The number of hydrogen-bond acceptors (Lipinski definition) is 2. The molecule has 0 radical (unpaired) electrons. The van der Waals surface area contributed by atoms with Gasteiger partial charge in [0.1, 0.15) is 5.76 Å². The van der Waals surface area contributed by atoms with E-state index in [9.17, 15) is 5.11 Å². The highest BCUT2D eigenvalue weighted by atomic mass is 79.9. The molecule has 2 nitrogen and oxygen atoms in total. The van der Waals surface area contributed by atoms with E-state index in [1.54, 1.807) is 25.3 Å². The largest absolute Gasteiger partial charge is 0.466 e. The van der Waals surface area contributed by atoms with Crippen LogP contribution in [0.1, 0.15) is 18.2 Å². The molecule has 3 heteroatoms. The van der Waals surface area contributed by atoms with Crippen molar-refractivity contribution in [3.05, 3.63) is 64.5 Å². The lowest BCUT2D eigenvalue weighted by molar-refractivity contribution is 0.0828. The van der Waals surface area contributed by atoms with Crippen LogP contribution in [-0.4, -0.2) is 5.11 Å². The number of benzene rings is 1. The Morgan fingerprint density at radius 3 is 2.53 bits per heavy atom. The monoisotopic (exact) mass is 292 g/mol. The molecule has 0 spiro atoms. The van der Waals surface area contributed by atoms with Gasteiger partial charge in [0.15, 0.2) is 5.60 Å². The number of rotatable bonds is 3. The molecule has 17 heavy (non-hydrogen) atoms. The summed E-state index contributed by atoms with van der Waals surface area (Å²) >= 11 is 3.41. The first kappa shape index (κ1) is 12.1. The highest BCUT2D eigenvalue weighted by Gasteiger charge is 2.29. The van der Waals surface area contributed by atoms with E-state index < -0.39 is 5.60 Å². The first-order chi connectivity index (χ1) is 8.10. The van der Waals surface area contributed by atoms with E-state index in [-0.39, 0.29) is 0 Å². The van der Waals surface area contributed by atoms with Gasteiger partial charge in [0.2, 0.25) is 0 Å². The maximum absolute atomic E-state index is 10.4. The third-order valence-electron chi connectivity index (χ3n) is 2.56. The fraction of sp³-hybridized carbons (Fsp3) is 0.143. The van der Waals surface area contributed by atoms with Gasteiger partial charge in [0.25, 0.3) is 0 Å². The molecule has 0 fully saturated rings. The normalized spacial score (nSPS) is 15.6. The zero-order valence-electron chi connectivity index (χ0n) is 9.43. The molecule has 1 heterocycles. The maximum atomic E-state index is 10.4. The van der Waals surface area contributed by atoms with Gasteiger partial charge in [-0.15, -0.1) is 0 Å². The molecule has 1 aromatic carbocycles. The summed E-state index contributed by atoms with van der Waals surface area (Å²) in [6.45, 7) is 1.69. The van der Waals surface area contributed by atoms with Crippen molar-refractivity contribution in [2.75, 3.05) is 0 Å². The minimum absolute atomic E-state index is 0.511. The molecule has 1 atom stereocenters. The van der Waals surface area contributed by atoms with Gasteiger partial charge < -0.3 is 9.52 Å². The van der Waals surface area contributed by atoms with Crippen molar-refractivity contribution < 1.29 is 9.52 Å². The predicted molar refractivity (Wildman–Crippen MR) is 71.6 cm³/mol. The minimum atomic E-state index is -1.15. The molecule has 1 aromatic heterocycles. The van der Waals surface area contributed by atoms with Gasteiger partial charge in [-0.2, -0.15) is 0 Å². The lowest BCUT2D eigenvalue weighted by Gasteiger charge is -2.20. The van der Waals surface area contributed by atoms with E-state index in [1.165, 1.54) is 0 Å². The Balaban J connectivity index is 2.31. The Morgan fingerprint density at radius 1 is 1.24 bits per heavy atom. The van der Waals surface area contributed by atoms with Crippen molar-refractivity contribution >= 4 is 22.0 Å². The van der Waals surface area contributed by atoms with Crippen molar-refractivity contribution in [1.29, 1.82) is 0 Å². The summed E-state index contributed by atoms with van der Waals surface area (Å²) in [6, 6.07) is 13.3. The number of furan rings is 1. The summed E-state index contributed by atoms with van der Waals surface area (Å²) in [5.74, 6) is 0.511. The van der Waals surface area contributed by atoms with Crippen LogP contribution in [-0.2, 0) is 5.60 Å². The van der Waals surface area contributed by atoms with Crippen LogP contribution in [0.4, 0.5) is 0 Å². The third kappa shape index (κ3) is 2.68. The fourth-order valence-electron chi connectivity index (χ4n) is 1.51. The van der Waals surface area contributed by atoms with Gasteiger partial charge in [-0.05, 0) is 30.7 Å². The van der Waals surface area contributed by atoms with Crippen molar-refractivity contribution in [1.82, 2.24) is 0 Å². The van der Waals surface area contributed by atoms with Crippen LogP contribution in [0.5, 0.6) is 0 Å². The van der Waals surface area contributed by atoms with Crippen molar-refractivity contribution in [2.24, 2.45) is 0 Å². The average Bonchev–Trinajstić information content (AvgIpc) is 2.84. The van der Waals surface area contributed by atoms with E-state index in [4.69, 9.17) is 4.42 Å². The molecule has 2 aromatic rings. The van der Waals surface area contributed by atoms with E-state index in [2.05, 4.69) is 15.9 Å². The highest BCUT2D eigenvalue weighted by molar-refractivity contribution is 9.11. The Labute approximate surface area is 109 Å².